The lowest BCUT2D eigenvalue weighted by atomic mass is 9.94. The van der Waals surface area contributed by atoms with Crippen molar-refractivity contribution in [3.63, 3.8) is 0 Å². The highest BCUT2D eigenvalue weighted by atomic mass is 16.5. The first kappa shape index (κ1) is 9.52. The Labute approximate surface area is 72.7 Å². The fraction of sp³-hybridized carbons (Fsp3) is 0.889. The predicted molar refractivity (Wildman–Crippen MR) is 45.0 cm³/mol. The van der Waals surface area contributed by atoms with E-state index in [2.05, 4.69) is 6.92 Å². The van der Waals surface area contributed by atoms with Crippen LogP contribution in [0.15, 0.2) is 0 Å². The molecule has 0 aliphatic carbocycles. The molecule has 0 radical (unpaired) electrons. The van der Waals surface area contributed by atoms with Gasteiger partial charge < -0.3 is 9.84 Å². The summed E-state index contributed by atoms with van der Waals surface area (Å²) in [6.45, 7) is 2.77. The molecule has 1 aliphatic heterocycles. The minimum atomic E-state index is -0.815. The van der Waals surface area contributed by atoms with Gasteiger partial charge in [-0.2, -0.15) is 0 Å². The van der Waals surface area contributed by atoms with Crippen molar-refractivity contribution in [2.24, 2.45) is 5.92 Å². The van der Waals surface area contributed by atoms with Gasteiger partial charge in [0.2, 0.25) is 0 Å². The first-order chi connectivity index (χ1) is 5.74. The lowest BCUT2D eigenvalue weighted by Gasteiger charge is -2.26. The minimum Gasteiger partial charge on any atom is -0.479 e. The maximum Gasteiger partial charge on any atom is 0.332 e. The third-order valence-corrected chi connectivity index (χ3v) is 2.34. The van der Waals surface area contributed by atoms with E-state index in [9.17, 15) is 4.79 Å². The largest absolute Gasteiger partial charge is 0.479 e. The van der Waals surface area contributed by atoms with Crippen molar-refractivity contribution in [2.75, 3.05) is 6.61 Å². The quantitative estimate of drug-likeness (QED) is 0.704. The molecular formula is C9H16O3. The summed E-state index contributed by atoms with van der Waals surface area (Å²) in [5.74, 6) is -0.226. The summed E-state index contributed by atoms with van der Waals surface area (Å²) in [5, 5.41) is 8.63. The van der Waals surface area contributed by atoms with Crippen LogP contribution in [0.25, 0.3) is 0 Å². The van der Waals surface area contributed by atoms with Crippen LogP contribution in [-0.2, 0) is 9.53 Å². The molecule has 0 spiro atoms. The second-order valence-corrected chi connectivity index (χ2v) is 3.39. The normalized spacial score (nSPS) is 30.1. The molecule has 1 rings (SSSR count). The molecule has 0 aromatic carbocycles. The maximum absolute atomic E-state index is 10.5. The number of carboxylic acids is 1. The van der Waals surface area contributed by atoms with Crippen LogP contribution in [0.4, 0.5) is 0 Å². The van der Waals surface area contributed by atoms with Gasteiger partial charge in [-0.25, -0.2) is 4.79 Å². The molecule has 1 heterocycles. The maximum atomic E-state index is 10.5. The van der Waals surface area contributed by atoms with E-state index in [0.717, 1.165) is 19.3 Å². The number of aliphatic carboxylic acids is 1. The Hall–Kier alpha value is -0.570. The summed E-state index contributed by atoms with van der Waals surface area (Å²) in [7, 11) is 0. The summed E-state index contributed by atoms with van der Waals surface area (Å²) in [6.07, 6.45) is 3.46. The fourth-order valence-corrected chi connectivity index (χ4v) is 1.64. The summed E-state index contributed by atoms with van der Waals surface area (Å²) in [4.78, 5) is 10.5. The van der Waals surface area contributed by atoms with Gasteiger partial charge >= 0.3 is 5.97 Å². The van der Waals surface area contributed by atoms with E-state index in [-0.39, 0.29) is 0 Å². The Balaban J connectivity index is 2.25. The van der Waals surface area contributed by atoms with Crippen LogP contribution in [0.2, 0.25) is 0 Å². The van der Waals surface area contributed by atoms with Crippen molar-refractivity contribution in [3.8, 4) is 0 Å². The Morgan fingerprint density at radius 1 is 1.58 bits per heavy atom. The molecule has 0 aromatic rings. The van der Waals surface area contributed by atoms with Crippen LogP contribution in [0, 0.1) is 5.92 Å². The predicted octanol–water partition coefficient (Wildman–Crippen LogP) is 1.67. The Bertz CT molecular complexity index is 148. The van der Waals surface area contributed by atoms with Gasteiger partial charge in [-0.15, -0.1) is 0 Å². The smallest absolute Gasteiger partial charge is 0.332 e. The zero-order valence-corrected chi connectivity index (χ0v) is 7.45. The SMILES string of the molecule is CCCC1CCC(C(=O)O)OC1. The molecular weight excluding hydrogens is 156 g/mol. The van der Waals surface area contributed by atoms with Crippen LogP contribution in [-0.4, -0.2) is 23.8 Å². The van der Waals surface area contributed by atoms with Gasteiger partial charge in [0.25, 0.3) is 0 Å². The van der Waals surface area contributed by atoms with Crippen molar-refractivity contribution >= 4 is 5.97 Å². The number of carbonyl (C=O) groups is 1. The highest BCUT2D eigenvalue weighted by molar-refractivity contribution is 5.72. The number of carboxylic acid groups (broad SMARTS) is 1. The van der Waals surface area contributed by atoms with Crippen LogP contribution in [0.5, 0.6) is 0 Å². The van der Waals surface area contributed by atoms with E-state index in [1.807, 2.05) is 0 Å². The van der Waals surface area contributed by atoms with Crippen LogP contribution in [0.3, 0.4) is 0 Å². The summed E-state index contributed by atoms with van der Waals surface area (Å²) in [6, 6.07) is 0. The number of hydrogen-bond acceptors (Lipinski definition) is 2. The lowest BCUT2D eigenvalue weighted by molar-refractivity contribution is -0.155. The van der Waals surface area contributed by atoms with Crippen molar-refractivity contribution in [2.45, 2.75) is 38.7 Å². The van der Waals surface area contributed by atoms with E-state index < -0.39 is 12.1 Å². The van der Waals surface area contributed by atoms with Crippen LogP contribution < -0.4 is 0 Å². The number of hydrogen-bond donors (Lipinski definition) is 1. The molecule has 3 nitrogen and oxygen atoms in total. The molecule has 0 aromatic heterocycles. The van der Waals surface area contributed by atoms with Crippen molar-refractivity contribution in [1.29, 1.82) is 0 Å². The minimum absolute atomic E-state index is 0.543. The van der Waals surface area contributed by atoms with Gasteiger partial charge in [0, 0.05) is 0 Å². The van der Waals surface area contributed by atoms with Crippen LogP contribution in [0.1, 0.15) is 32.6 Å². The van der Waals surface area contributed by atoms with E-state index in [0.29, 0.717) is 18.9 Å². The van der Waals surface area contributed by atoms with Gasteiger partial charge in [-0.3, -0.25) is 0 Å². The molecule has 1 saturated heterocycles. The molecule has 12 heavy (non-hydrogen) atoms. The molecule has 0 amide bonds. The average Bonchev–Trinajstić information content (AvgIpc) is 2.06. The Morgan fingerprint density at radius 3 is 2.75 bits per heavy atom. The highest BCUT2D eigenvalue weighted by Crippen LogP contribution is 2.22. The molecule has 0 bridgehead atoms. The zero-order chi connectivity index (χ0) is 8.97. The molecule has 70 valence electrons. The van der Waals surface area contributed by atoms with Gasteiger partial charge in [-0.05, 0) is 25.2 Å². The average molecular weight is 172 g/mol. The molecule has 3 heteroatoms. The topological polar surface area (TPSA) is 46.5 Å². The van der Waals surface area contributed by atoms with E-state index >= 15 is 0 Å². The molecule has 1 N–H and O–H groups in total. The first-order valence-corrected chi connectivity index (χ1v) is 4.58. The first-order valence-electron chi connectivity index (χ1n) is 4.58. The number of ether oxygens (including phenoxy) is 1. The molecule has 0 saturated carbocycles. The van der Waals surface area contributed by atoms with Crippen molar-refractivity contribution < 1.29 is 14.6 Å². The summed E-state index contributed by atoms with van der Waals surface area (Å²) in [5.41, 5.74) is 0. The van der Waals surface area contributed by atoms with E-state index in [4.69, 9.17) is 9.84 Å². The Kier molecular flexibility index (Phi) is 3.53. The fourth-order valence-electron chi connectivity index (χ4n) is 1.64. The van der Waals surface area contributed by atoms with Gasteiger partial charge in [-0.1, -0.05) is 13.3 Å². The molecule has 2 unspecified atom stereocenters. The van der Waals surface area contributed by atoms with Crippen LogP contribution >= 0.6 is 0 Å². The molecule has 1 fully saturated rings. The second kappa shape index (κ2) is 4.45. The summed E-state index contributed by atoms with van der Waals surface area (Å²) < 4.78 is 5.20. The Morgan fingerprint density at radius 2 is 2.33 bits per heavy atom. The summed E-state index contributed by atoms with van der Waals surface area (Å²) >= 11 is 0. The van der Waals surface area contributed by atoms with Gasteiger partial charge in [0.15, 0.2) is 6.10 Å². The van der Waals surface area contributed by atoms with E-state index in [1.165, 1.54) is 0 Å². The standard InChI is InChI=1S/C9H16O3/c1-2-3-7-4-5-8(9(10)11)12-6-7/h7-8H,2-6H2,1H3,(H,10,11). The third kappa shape index (κ3) is 2.48. The molecule has 2 atom stereocenters. The third-order valence-electron chi connectivity index (χ3n) is 2.34. The van der Waals surface area contributed by atoms with Gasteiger partial charge in [0.1, 0.15) is 0 Å². The second-order valence-electron chi connectivity index (χ2n) is 3.39. The van der Waals surface area contributed by atoms with E-state index in [1.54, 1.807) is 0 Å². The number of rotatable bonds is 3. The monoisotopic (exact) mass is 172 g/mol. The van der Waals surface area contributed by atoms with Gasteiger partial charge in [0.05, 0.1) is 6.61 Å². The molecule has 1 aliphatic rings. The highest BCUT2D eigenvalue weighted by Gasteiger charge is 2.25. The van der Waals surface area contributed by atoms with Crippen molar-refractivity contribution in [1.82, 2.24) is 0 Å². The zero-order valence-electron chi connectivity index (χ0n) is 7.45. The lowest BCUT2D eigenvalue weighted by Crippen LogP contribution is -2.31. The van der Waals surface area contributed by atoms with Crippen molar-refractivity contribution in [3.05, 3.63) is 0 Å².